The Bertz CT molecular complexity index is 837. The highest BCUT2D eigenvalue weighted by Crippen LogP contribution is 2.22. The van der Waals surface area contributed by atoms with Crippen LogP contribution in [0.5, 0.6) is 5.75 Å². The summed E-state index contributed by atoms with van der Waals surface area (Å²) in [5.74, 6) is 0.645. The number of aliphatic hydroxyl groups is 1. The van der Waals surface area contributed by atoms with Gasteiger partial charge in [-0.25, -0.2) is 4.98 Å². The maximum absolute atomic E-state index is 10.2. The van der Waals surface area contributed by atoms with E-state index in [9.17, 15) is 5.11 Å². The summed E-state index contributed by atoms with van der Waals surface area (Å²) in [4.78, 5) is 6.64. The standard InChI is InChI=1S/C19H19N3O2S/c1-22(12-19-21-17-4-2-3-5-18(17)25-19)11-15(23)13-24-16-8-6-14(10-20)7-9-16/h2-9,15,23H,11-13H2,1H3. The van der Waals surface area contributed by atoms with Crippen LogP contribution in [0.15, 0.2) is 48.5 Å². The molecule has 0 spiro atoms. The first-order valence-corrected chi connectivity index (χ1v) is 8.80. The van der Waals surface area contributed by atoms with Crippen LogP contribution in [-0.2, 0) is 6.54 Å². The van der Waals surface area contributed by atoms with Crippen LogP contribution in [0.25, 0.3) is 10.2 Å². The first-order valence-electron chi connectivity index (χ1n) is 7.98. The molecule has 1 aromatic heterocycles. The lowest BCUT2D eigenvalue weighted by atomic mass is 10.2. The van der Waals surface area contributed by atoms with Crippen molar-refractivity contribution >= 4 is 21.6 Å². The minimum Gasteiger partial charge on any atom is -0.491 e. The molecule has 0 amide bonds. The van der Waals surface area contributed by atoms with Gasteiger partial charge in [0.1, 0.15) is 23.5 Å². The molecule has 3 rings (SSSR count). The topological polar surface area (TPSA) is 69.4 Å². The number of nitrogens with zero attached hydrogens (tertiary/aromatic N) is 3. The molecule has 0 fully saturated rings. The molecule has 1 heterocycles. The molecule has 1 unspecified atom stereocenters. The van der Waals surface area contributed by atoms with E-state index in [1.54, 1.807) is 35.6 Å². The lowest BCUT2D eigenvalue weighted by molar-refractivity contribution is 0.0744. The molecule has 3 aromatic rings. The molecule has 6 heteroatoms. The van der Waals surface area contributed by atoms with Gasteiger partial charge in [0.2, 0.25) is 0 Å². The zero-order valence-electron chi connectivity index (χ0n) is 13.9. The number of nitriles is 1. The molecular formula is C19H19N3O2S. The second-order valence-electron chi connectivity index (χ2n) is 5.87. The van der Waals surface area contributed by atoms with E-state index in [1.807, 2.05) is 30.1 Å². The quantitative estimate of drug-likeness (QED) is 0.707. The van der Waals surface area contributed by atoms with Crippen molar-refractivity contribution in [3.8, 4) is 11.8 Å². The molecule has 0 radical (unpaired) electrons. The van der Waals surface area contributed by atoms with Crippen LogP contribution >= 0.6 is 11.3 Å². The van der Waals surface area contributed by atoms with Gasteiger partial charge in [0.15, 0.2) is 0 Å². The molecule has 1 N–H and O–H groups in total. The summed E-state index contributed by atoms with van der Waals surface area (Å²) in [6, 6.07) is 17.0. The van der Waals surface area contributed by atoms with Crippen molar-refractivity contribution in [2.24, 2.45) is 0 Å². The number of aromatic nitrogens is 1. The number of likely N-dealkylation sites (N-methyl/N-ethyl adjacent to an activating group) is 1. The maximum Gasteiger partial charge on any atom is 0.119 e. The van der Waals surface area contributed by atoms with E-state index in [0.29, 0.717) is 24.4 Å². The van der Waals surface area contributed by atoms with Crippen molar-refractivity contribution in [2.45, 2.75) is 12.6 Å². The number of hydrogen-bond acceptors (Lipinski definition) is 6. The normalized spacial score (nSPS) is 12.2. The summed E-state index contributed by atoms with van der Waals surface area (Å²) in [5.41, 5.74) is 1.60. The van der Waals surface area contributed by atoms with Crippen molar-refractivity contribution < 1.29 is 9.84 Å². The maximum atomic E-state index is 10.2. The Morgan fingerprint density at radius 3 is 2.72 bits per heavy atom. The van der Waals surface area contributed by atoms with Crippen molar-refractivity contribution in [2.75, 3.05) is 20.2 Å². The molecule has 25 heavy (non-hydrogen) atoms. The third kappa shape index (κ3) is 4.77. The smallest absolute Gasteiger partial charge is 0.119 e. The summed E-state index contributed by atoms with van der Waals surface area (Å²) >= 11 is 1.67. The summed E-state index contributed by atoms with van der Waals surface area (Å²) in [5, 5.41) is 20.0. The molecule has 2 aromatic carbocycles. The Morgan fingerprint density at radius 1 is 1.24 bits per heavy atom. The molecule has 0 saturated carbocycles. The van der Waals surface area contributed by atoms with E-state index >= 15 is 0 Å². The molecule has 0 aliphatic carbocycles. The van der Waals surface area contributed by atoms with Crippen molar-refractivity contribution in [3.63, 3.8) is 0 Å². The first-order chi connectivity index (χ1) is 12.1. The van der Waals surface area contributed by atoms with Crippen LogP contribution in [0, 0.1) is 11.3 Å². The Morgan fingerprint density at radius 2 is 2.00 bits per heavy atom. The van der Waals surface area contributed by atoms with Gasteiger partial charge in [0.05, 0.1) is 28.4 Å². The minimum atomic E-state index is -0.602. The average Bonchev–Trinajstić information content (AvgIpc) is 3.02. The van der Waals surface area contributed by atoms with Crippen molar-refractivity contribution in [3.05, 3.63) is 59.1 Å². The molecule has 0 bridgehead atoms. The van der Waals surface area contributed by atoms with Crippen molar-refractivity contribution in [1.29, 1.82) is 5.26 Å². The summed E-state index contributed by atoms with van der Waals surface area (Å²) in [7, 11) is 1.96. The zero-order chi connectivity index (χ0) is 17.6. The van der Waals surface area contributed by atoms with E-state index in [1.165, 1.54) is 4.70 Å². The number of fused-ring (bicyclic) bond motifs is 1. The van der Waals surface area contributed by atoms with Gasteiger partial charge in [-0.3, -0.25) is 4.90 Å². The summed E-state index contributed by atoms with van der Waals surface area (Å²) in [6.45, 7) is 1.38. The van der Waals surface area contributed by atoms with E-state index < -0.39 is 6.10 Å². The fraction of sp³-hybridized carbons (Fsp3) is 0.263. The molecule has 0 aliphatic rings. The predicted octanol–water partition coefficient (Wildman–Crippen LogP) is 3.04. The molecule has 1 atom stereocenters. The lowest BCUT2D eigenvalue weighted by Gasteiger charge is -2.19. The Kier molecular flexibility index (Phi) is 5.61. The van der Waals surface area contributed by atoms with Gasteiger partial charge in [0.25, 0.3) is 0 Å². The largest absolute Gasteiger partial charge is 0.491 e. The fourth-order valence-electron chi connectivity index (χ4n) is 2.51. The van der Waals surface area contributed by atoms with Crippen LogP contribution in [0.1, 0.15) is 10.6 Å². The highest BCUT2D eigenvalue weighted by molar-refractivity contribution is 7.18. The SMILES string of the molecule is CN(Cc1nc2ccccc2s1)CC(O)COc1ccc(C#N)cc1. The van der Waals surface area contributed by atoms with Gasteiger partial charge < -0.3 is 9.84 Å². The van der Waals surface area contributed by atoms with Gasteiger partial charge in [-0.2, -0.15) is 5.26 Å². The molecule has 0 aliphatic heterocycles. The number of benzene rings is 2. The average molecular weight is 353 g/mol. The first kappa shape index (κ1) is 17.4. The Balaban J connectivity index is 1.48. The number of rotatable bonds is 7. The fourth-order valence-corrected chi connectivity index (χ4v) is 3.56. The van der Waals surface area contributed by atoms with Gasteiger partial charge in [-0.15, -0.1) is 11.3 Å². The van der Waals surface area contributed by atoms with Crippen LogP contribution in [-0.4, -0.2) is 41.3 Å². The monoisotopic (exact) mass is 353 g/mol. The summed E-state index contributed by atoms with van der Waals surface area (Å²) < 4.78 is 6.74. The third-order valence-corrected chi connectivity index (χ3v) is 4.71. The number of hydrogen-bond donors (Lipinski definition) is 1. The third-order valence-electron chi connectivity index (χ3n) is 3.69. The van der Waals surface area contributed by atoms with Crippen LogP contribution < -0.4 is 4.74 Å². The predicted molar refractivity (Wildman–Crippen MR) is 98.6 cm³/mol. The molecule has 5 nitrogen and oxygen atoms in total. The molecule has 128 valence electrons. The van der Waals surface area contributed by atoms with Gasteiger partial charge in [-0.1, -0.05) is 12.1 Å². The Labute approximate surface area is 150 Å². The highest BCUT2D eigenvalue weighted by atomic mass is 32.1. The van der Waals surface area contributed by atoms with E-state index in [2.05, 4.69) is 17.1 Å². The van der Waals surface area contributed by atoms with Gasteiger partial charge in [0, 0.05) is 6.54 Å². The van der Waals surface area contributed by atoms with Gasteiger partial charge in [-0.05, 0) is 43.4 Å². The van der Waals surface area contributed by atoms with E-state index in [4.69, 9.17) is 10.00 Å². The lowest BCUT2D eigenvalue weighted by Crippen LogP contribution is -2.32. The highest BCUT2D eigenvalue weighted by Gasteiger charge is 2.12. The van der Waals surface area contributed by atoms with Gasteiger partial charge >= 0.3 is 0 Å². The number of ether oxygens (including phenoxy) is 1. The molecule has 0 saturated heterocycles. The zero-order valence-corrected chi connectivity index (χ0v) is 14.7. The Hall–Kier alpha value is -2.46. The minimum absolute atomic E-state index is 0.204. The van der Waals surface area contributed by atoms with E-state index in [0.717, 1.165) is 10.5 Å². The number of aliphatic hydroxyl groups excluding tert-OH is 1. The van der Waals surface area contributed by atoms with Crippen LogP contribution in [0.3, 0.4) is 0 Å². The second-order valence-corrected chi connectivity index (χ2v) is 6.99. The summed E-state index contributed by atoms with van der Waals surface area (Å²) in [6.07, 6.45) is -0.602. The second kappa shape index (κ2) is 8.08. The van der Waals surface area contributed by atoms with Crippen LogP contribution in [0.4, 0.5) is 0 Å². The van der Waals surface area contributed by atoms with Crippen molar-refractivity contribution in [1.82, 2.24) is 9.88 Å². The molecular weight excluding hydrogens is 334 g/mol. The number of thiazole rings is 1. The number of para-hydroxylation sites is 1. The van der Waals surface area contributed by atoms with Crippen LogP contribution in [0.2, 0.25) is 0 Å². The van der Waals surface area contributed by atoms with E-state index in [-0.39, 0.29) is 6.61 Å².